The zero-order chi connectivity index (χ0) is 13.7. The number of amides is 1. The molecule has 0 aromatic carbocycles. The van der Waals surface area contributed by atoms with Crippen LogP contribution in [0.4, 0.5) is 4.79 Å². The quantitative estimate of drug-likeness (QED) is 0.849. The molecule has 1 amide bonds. The van der Waals surface area contributed by atoms with Crippen molar-refractivity contribution in [3.63, 3.8) is 0 Å². The summed E-state index contributed by atoms with van der Waals surface area (Å²) in [7, 11) is 0. The lowest BCUT2D eigenvalue weighted by Gasteiger charge is -2.36. The van der Waals surface area contributed by atoms with Gasteiger partial charge in [0.2, 0.25) is 0 Å². The highest BCUT2D eigenvalue weighted by Crippen LogP contribution is 2.17. The van der Waals surface area contributed by atoms with E-state index in [2.05, 4.69) is 12.2 Å². The molecular weight excluding hydrogens is 244 g/mol. The minimum atomic E-state index is -0.166. The van der Waals surface area contributed by atoms with Crippen LogP contribution in [0.5, 0.6) is 0 Å². The van der Waals surface area contributed by atoms with Crippen molar-refractivity contribution in [1.29, 1.82) is 0 Å². The first kappa shape index (κ1) is 14.6. The van der Waals surface area contributed by atoms with Crippen LogP contribution in [-0.4, -0.2) is 55.5 Å². The van der Waals surface area contributed by atoms with Crippen LogP contribution in [0.3, 0.4) is 0 Å². The molecule has 2 saturated heterocycles. The lowest BCUT2D eigenvalue weighted by atomic mass is 9.99. The molecule has 0 saturated carbocycles. The second kappa shape index (κ2) is 7.10. The van der Waals surface area contributed by atoms with E-state index in [4.69, 9.17) is 9.47 Å². The number of carbonyl (C=O) groups excluding carboxylic acids is 1. The Morgan fingerprint density at radius 1 is 1.32 bits per heavy atom. The van der Waals surface area contributed by atoms with Crippen molar-refractivity contribution < 1.29 is 14.3 Å². The van der Waals surface area contributed by atoms with Crippen LogP contribution in [-0.2, 0) is 9.47 Å². The van der Waals surface area contributed by atoms with E-state index in [-0.39, 0.29) is 6.09 Å². The molecule has 0 bridgehead atoms. The van der Waals surface area contributed by atoms with Crippen molar-refractivity contribution >= 4 is 6.09 Å². The summed E-state index contributed by atoms with van der Waals surface area (Å²) < 4.78 is 10.6. The molecule has 110 valence electrons. The van der Waals surface area contributed by atoms with Gasteiger partial charge in [0, 0.05) is 31.8 Å². The first-order chi connectivity index (χ1) is 9.19. The lowest BCUT2D eigenvalue weighted by molar-refractivity contribution is 0.00942. The maximum absolute atomic E-state index is 11.6. The van der Waals surface area contributed by atoms with Crippen LogP contribution in [0.25, 0.3) is 0 Å². The Morgan fingerprint density at radius 3 is 2.68 bits per heavy atom. The van der Waals surface area contributed by atoms with Crippen LogP contribution in [0.15, 0.2) is 0 Å². The van der Waals surface area contributed by atoms with Gasteiger partial charge in [-0.25, -0.2) is 4.79 Å². The van der Waals surface area contributed by atoms with Gasteiger partial charge in [-0.15, -0.1) is 0 Å². The summed E-state index contributed by atoms with van der Waals surface area (Å²) in [5.74, 6) is 0. The number of nitrogens with zero attached hydrogens (tertiary/aromatic N) is 1. The number of hydrogen-bond acceptors (Lipinski definition) is 4. The van der Waals surface area contributed by atoms with Gasteiger partial charge in [-0.05, 0) is 39.5 Å². The molecule has 0 radical (unpaired) electrons. The third-order valence-electron chi connectivity index (χ3n) is 3.98. The molecule has 0 aromatic rings. The number of hydrogen-bond donors (Lipinski definition) is 1. The molecule has 2 atom stereocenters. The minimum absolute atomic E-state index is 0.166. The monoisotopic (exact) mass is 270 g/mol. The molecule has 5 nitrogen and oxygen atoms in total. The standard InChI is InChI=1S/C14H26N2O3/c1-3-18-14(17)16-7-4-12(5-8-16)15-13-6-9-19-11(2)10-13/h11-13,15H,3-10H2,1-2H3. The summed E-state index contributed by atoms with van der Waals surface area (Å²) in [5.41, 5.74) is 0. The molecular formula is C14H26N2O3. The Kier molecular flexibility index (Phi) is 5.45. The normalized spacial score (nSPS) is 29.3. The first-order valence-electron chi connectivity index (χ1n) is 7.48. The Morgan fingerprint density at radius 2 is 2.05 bits per heavy atom. The molecule has 19 heavy (non-hydrogen) atoms. The summed E-state index contributed by atoms with van der Waals surface area (Å²) in [6, 6.07) is 1.10. The molecule has 2 fully saturated rings. The van der Waals surface area contributed by atoms with Crippen LogP contribution < -0.4 is 5.32 Å². The number of piperidine rings is 1. The highest BCUT2D eigenvalue weighted by atomic mass is 16.6. The van der Waals surface area contributed by atoms with Crippen molar-refractivity contribution in [1.82, 2.24) is 10.2 Å². The van der Waals surface area contributed by atoms with Crippen molar-refractivity contribution in [3.05, 3.63) is 0 Å². The Labute approximate surface area is 115 Å². The van der Waals surface area contributed by atoms with Gasteiger partial charge in [-0.3, -0.25) is 0 Å². The summed E-state index contributed by atoms with van der Waals surface area (Å²) in [5, 5.41) is 3.72. The summed E-state index contributed by atoms with van der Waals surface area (Å²) >= 11 is 0. The van der Waals surface area contributed by atoms with Crippen LogP contribution in [0.1, 0.15) is 39.5 Å². The highest BCUT2D eigenvalue weighted by molar-refractivity contribution is 5.67. The predicted molar refractivity (Wildman–Crippen MR) is 73.2 cm³/mol. The van der Waals surface area contributed by atoms with E-state index in [0.29, 0.717) is 24.8 Å². The van der Waals surface area contributed by atoms with Gasteiger partial charge in [0.25, 0.3) is 0 Å². The summed E-state index contributed by atoms with van der Waals surface area (Å²) in [4.78, 5) is 13.4. The molecule has 0 aliphatic carbocycles. The van der Waals surface area contributed by atoms with E-state index in [0.717, 1.165) is 45.4 Å². The molecule has 2 heterocycles. The number of rotatable bonds is 3. The topological polar surface area (TPSA) is 50.8 Å². The molecule has 0 aromatic heterocycles. The molecule has 2 unspecified atom stereocenters. The predicted octanol–water partition coefficient (Wildman–Crippen LogP) is 1.76. The molecule has 5 heteroatoms. The van der Waals surface area contributed by atoms with Gasteiger partial charge in [0.1, 0.15) is 0 Å². The lowest BCUT2D eigenvalue weighted by Crippen LogP contribution is -2.49. The van der Waals surface area contributed by atoms with Crippen molar-refractivity contribution in [2.75, 3.05) is 26.3 Å². The van der Waals surface area contributed by atoms with Gasteiger partial charge >= 0.3 is 6.09 Å². The van der Waals surface area contributed by atoms with Gasteiger partial charge in [0.05, 0.1) is 12.7 Å². The number of nitrogens with one attached hydrogen (secondary N) is 1. The van der Waals surface area contributed by atoms with E-state index in [1.54, 1.807) is 0 Å². The third-order valence-corrected chi connectivity index (χ3v) is 3.98. The van der Waals surface area contributed by atoms with Crippen LogP contribution in [0, 0.1) is 0 Å². The fourth-order valence-corrected chi connectivity index (χ4v) is 2.93. The molecule has 0 spiro atoms. The zero-order valence-electron chi connectivity index (χ0n) is 12.1. The van der Waals surface area contributed by atoms with E-state index in [1.807, 2.05) is 11.8 Å². The number of likely N-dealkylation sites (tertiary alicyclic amines) is 1. The molecule has 2 rings (SSSR count). The Bertz CT molecular complexity index is 290. The maximum atomic E-state index is 11.6. The Hall–Kier alpha value is -0.810. The van der Waals surface area contributed by atoms with Gasteiger partial charge in [-0.2, -0.15) is 0 Å². The number of ether oxygens (including phenoxy) is 2. The van der Waals surface area contributed by atoms with Crippen LogP contribution >= 0.6 is 0 Å². The van der Waals surface area contributed by atoms with Crippen molar-refractivity contribution in [2.45, 2.75) is 57.7 Å². The fourth-order valence-electron chi connectivity index (χ4n) is 2.93. The van der Waals surface area contributed by atoms with Crippen molar-refractivity contribution in [2.24, 2.45) is 0 Å². The molecule has 2 aliphatic heterocycles. The average molecular weight is 270 g/mol. The van der Waals surface area contributed by atoms with Crippen molar-refractivity contribution in [3.8, 4) is 0 Å². The smallest absolute Gasteiger partial charge is 0.409 e. The minimum Gasteiger partial charge on any atom is -0.450 e. The average Bonchev–Trinajstić information content (AvgIpc) is 2.40. The number of carbonyl (C=O) groups is 1. The van der Waals surface area contributed by atoms with Gasteiger partial charge < -0.3 is 19.7 Å². The Balaban J connectivity index is 1.69. The second-order valence-corrected chi connectivity index (χ2v) is 5.53. The van der Waals surface area contributed by atoms with Gasteiger partial charge in [-0.1, -0.05) is 0 Å². The second-order valence-electron chi connectivity index (χ2n) is 5.53. The zero-order valence-corrected chi connectivity index (χ0v) is 12.1. The molecule has 1 N–H and O–H groups in total. The van der Waals surface area contributed by atoms with E-state index >= 15 is 0 Å². The largest absolute Gasteiger partial charge is 0.450 e. The first-order valence-corrected chi connectivity index (χ1v) is 7.48. The SMILES string of the molecule is CCOC(=O)N1CCC(NC2CCOC(C)C2)CC1. The molecule has 2 aliphatic rings. The van der Waals surface area contributed by atoms with E-state index < -0.39 is 0 Å². The van der Waals surface area contributed by atoms with Crippen LogP contribution in [0.2, 0.25) is 0 Å². The summed E-state index contributed by atoms with van der Waals surface area (Å²) in [6.07, 6.45) is 4.43. The van der Waals surface area contributed by atoms with E-state index in [9.17, 15) is 4.79 Å². The van der Waals surface area contributed by atoms with E-state index in [1.165, 1.54) is 0 Å². The fraction of sp³-hybridized carbons (Fsp3) is 0.929. The summed E-state index contributed by atoms with van der Waals surface area (Å²) in [6.45, 7) is 6.90. The van der Waals surface area contributed by atoms with Gasteiger partial charge in [0.15, 0.2) is 0 Å². The highest BCUT2D eigenvalue weighted by Gasteiger charge is 2.26. The third kappa shape index (κ3) is 4.35. The maximum Gasteiger partial charge on any atom is 0.409 e.